The van der Waals surface area contributed by atoms with E-state index in [9.17, 15) is 4.79 Å². The zero-order chi connectivity index (χ0) is 19.6. The number of nitrogens with zero attached hydrogens (tertiary/aromatic N) is 2. The summed E-state index contributed by atoms with van der Waals surface area (Å²) in [5, 5.41) is 8.54. The highest BCUT2D eigenvalue weighted by atomic mass is 35.5. The second kappa shape index (κ2) is 8.75. The van der Waals surface area contributed by atoms with Crippen molar-refractivity contribution < 1.29 is 4.79 Å². The molecule has 140 valence electrons. The standard InChI is InChI=1S/C18H15Cl2N3OS3/c1-10-7-11(2)16(14(20)8-10)21-15(24)9-26-17-22-23(18(25)27-17)13-5-3-12(19)4-6-13/h3-8H,9H2,1-2H3,(H,21,24). The van der Waals surface area contributed by atoms with Crippen LogP contribution in [0.5, 0.6) is 0 Å². The van der Waals surface area contributed by atoms with E-state index in [1.165, 1.54) is 23.1 Å². The van der Waals surface area contributed by atoms with Gasteiger partial charge in [-0.3, -0.25) is 4.79 Å². The van der Waals surface area contributed by atoms with Crippen molar-refractivity contribution in [2.45, 2.75) is 18.2 Å². The maximum Gasteiger partial charge on any atom is 0.234 e. The Bertz CT molecular complexity index is 1020. The van der Waals surface area contributed by atoms with Gasteiger partial charge >= 0.3 is 0 Å². The van der Waals surface area contributed by atoms with E-state index in [-0.39, 0.29) is 11.7 Å². The van der Waals surface area contributed by atoms with Gasteiger partial charge in [-0.05, 0) is 67.5 Å². The number of hydrogen-bond donors (Lipinski definition) is 1. The molecule has 4 nitrogen and oxygen atoms in total. The highest BCUT2D eigenvalue weighted by molar-refractivity contribution is 8.01. The van der Waals surface area contributed by atoms with Crippen molar-refractivity contribution in [3.05, 3.63) is 61.5 Å². The maximum absolute atomic E-state index is 12.3. The predicted molar refractivity (Wildman–Crippen MR) is 118 cm³/mol. The summed E-state index contributed by atoms with van der Waals surface area (Å²) in [6.07, 6.45) is 0. The number of carbonyl (C=O) groups excluding carboxylic acids is 1. The zero-order valence-corrected chi connectivity index (χ0v) is 18.4. The molecular formula is C18H15Cl2N3OS3. The summed E-state index contributed by atoms with van der Waals surface area (Å²) in [7, 11) is 0. The summed E-state index contributed by atoms with van der Waals surface area (Å²) in [6.45, 7) is 3.88. The summed E-state index contributed by atoms with van der Waals surface area (Å²) < 4.78 is 2.99. The second-order valence-corrected chi connectivity index (χ2v) is 9.49. The Morgan fingerprint density at radius 2 is 1.96 bits per heavy atom. The molecule has 1 aromatic heterocycles. The summed E-state index contributed by atoms with van der Waals surface area (Å²) in [4.78, 5) is 12.3. The number of rotatable bonds is 5. The molecular weight excluding hydrogens is 441 g/mol. The molecule has 0 radical (unpaired) electrons. The van der Waals surface area contributed by atoms with E-state index < -0.39 is 0 Å². The molecule has 2 aromatic carbocycles. The molecule has 0 bridgehead atoms. The van der Waals surface area contributed by atoms with Crippen molar-refractivity contribution in [1.82, 2.24) is 9.78 Å². The van der Waals surface area contributed by atoms with E-state index in [1.807, 2.05) is 38.1 Å². The van der Waals surface area contributed by atoms with Crippen molar-refractivity contribution in [3.63, 3.8) is 0 Å². The average Bonchev–Trinajstić information content (AvgIpc) is 2.98. The highest BCUT2D eigenvalue weighted by Crippen LogP contribution is 2.28. The molecule has 0 spiro atoms. The molecule has 0 aliphatic heterocycles. The van der Waals surface area contributed by atoms with Gasteiger partial charge < -0.3 is 5.32 Å². The van der Waals surface area contributed by atoms with Crippen LogP contribution < -0.4 is 5.32 Å². The van der Waals surface area contributed by atoms with E-state index in [1.54, 1.807) is 16.8 Å². The van der Waals surface area contributed by atoms with Gasteiger partial charge in [0.05, 0.1) is 22.2 Å². The lowest BCUT2D eigenvalue weighted by Gasteiger charge is -2.11. The number of hydrogen-bond acceptors (Lipinski definition) is 5. The lowest BCUT2D eigenvalue weighted by molar-refractivity contribution is -0.113. The predicted octanol–water partition coefficient (Wildman–Crippen LogP) is 6.32. The Morgan fingerprint density at radius 3 is 2.63 bits per heavy atom. The normalized spacial score (nSPS) is 10.8. The molecule has 1 heterocycles. The molecule has 0 saturated carbocycles. The minimum Gasteiger partial charge on any atom is -0.324 e. The summed E-state index contributed by atoms with van der Waals surface area (Å²) in [5.41, 5.74) is 3.46. The molecule has 0 aliphatic rings. The van der Waals surface area contributed by atoms with E-state index in [2.05, 4.69) is 10.4 Å². The summed E-state index contributed by atoms with van der Waals surface area (Å²) >= 11 is 20.2. The Balaban J connectivity index is 1.67. The summed E-state index contributed by atoms with van der Waals surface area (Å²) in [5.74, 6) is 0.0695. The lowest BCUT2D eigenvalue weighted by atomic mass is 10.1. The number of nitrogens with one attached hydrogen (secondary N) is 1. The fraction of sp³-hybridized carbons (Fsp3) is 0.167. The third-order valence-corrected chi connectivity index (χ3v) is 6.54. The van der Waals surface area contributed by atoms with E-state index >= 15 is 0 Å². The van der Waals surface area contributed by atoms with Crippen molar-refractivity contribution in [2.24, 2.45) is 0 Å². The van der Waals surface area contributed by atoms with Gasteiger partial charge in [-0.15, -0.1) is 5.10 Å². The first-order valence-corrected chi connectivity index (χ1v) is 10.9. The molecule has 1 N–H and O–H groups in total. The number of thioether (sulfide) groups is 1. The van der Waals surface area contributed by atoms with Gasteiger partial charge in [0, 0.05) is 5.02 Å². The molecule has 0 aliphatic carbocycles. The Labute approximate surface area is 180 Å². The average molecular weight is 456 g/mol. The first-order valence-electron chi connectivity index (χ1n) is 7.89. The minimum absolute atomic E-state index is 0.145. The van der Waals surface area contributed by atoms with Crippen LogP contribution in [0.15, 0.2) is 40.7 Å². The van der Waals surface area contributed by atoms with E-state index in [0.717, 1.165) is 21.2 Å². The third-order valence-electron chi connectivity index (χ3n) is 3.62. The minimum atomic E-state index is -0.145. The molecule has 0 atom stereocenters. The topological polar surface area (TPSA) is 46.9 Å². The smallest absolute Gasteiger partial charge is 0.234 e. The quantitative estimate of drug-likeness (QED) is 0.361. The number of aromatic nitrogens is 2. The Morgan fingerprint density at radius 1 is 1.26 bits per heavy atom. The SMILES string of the molecule is Cc1cc(C)c(NC(=O)CSc2nn(-c3ccc(Cl)cc3)c(=S)s2)c(Cl)c1. The number of aryl methyl sites for hydroxylation is 2. The van der Waals surface area contributed by atoms with E-state index in [4.69, 9.17) is 35.4 Å². The molecule has 3 aromatic rings. The monoisotopic (exact) mass is 455 g/mol. The molecule has 1 amide bonds. The van der Waals surface area contributed by atoms with Crippen molar-refractivity contribution in [1.29, 1.82) is 0 Å². The van der Waals surface area contributed by atoms with Gasteiger partial charge in [-0.1, -0.05) is 52.4 Å². The van der Waals surface area contributed by atoms with Crippen molar-refractivity contribution >= 4 is 70.1 Å². The number of amides is 1. The lowest BCUT2D eigenvalue weighted by Crippen LogP contribution is -2.15. The molecule has 0 fully saturated rings. The fourth-order valence-corrected chi connectivity index (χ4v) is 5.10. The van der Waals surface area contributed by atoms with Crippen LogP contribution in [0.25, 0.3) is 5.69 Å². The number of carbonyl (C=O) groups is 1. The Kier molecular flexibility index (Phi) is 6.60. The van der Waals surface area contributed by atoms with Crippen LogP contribution in [-0.2, 0) is 4.79 Å². The number of benzene rings is 2. The first-order chi connectivity index (χ1) is 12.8. The fourth-order valence-electron chi connectivity index (χ4n) is 2.44. The zero-order valence-electron chi connectivity index (χ0n) is 14.5. The third kappa shape index (κ3) is 5.12. The number of anilines is 1. The largest absolute Gasteiger partial charge is 0.324 e. The van der Waals surface area contributed by atoms with Crippen LogP contribution in [-0.4, -0.2) is 21.4 Å². The Hall–Kier alpha value is -1.38. The van der Waals surface area contributed by atoms with E-state index in [0.29, 0.717) is 19.7 Å². The second-order valence-electron chi connectivity index (χ2n) is 5.80. The molecule has 0 saturated heterocycles. The van der Waals surface area contributed by atoms with Crippen LogP contribution in [0.3, 0.4) is 0 Å². The van der Waals surface area contributed by atoms with Crippen LogP contribution in [0.1, 0.15) is 11.1 Å². The van der Waals surface area contributed by atoms with Crippen LogP contribution >= 0.6 is 58.5 Å². The van der Waals surface area contributed by atoms with Gasteiger partial charge in [-0.2, -0.15) is 0 Å². The molecule has 9 heteroatoms. The molecule has 0 unspecified atom stereocenters. The van der Waals surface area contributed by atoms with Crippen molar-refractivity contribution in [3.8, 4) is 5.69 Å². The van der Waals surface area contributed by atoms with Crippen LogP contribution in [0.4, 0.5) is 5.69 Å². The van der Waals surface area contributed by atoms with Crippen molar-refractivity contribution in [2.75, 3.05) is 11.1 Å². The van der Waals surface area contributed by atoms with Gasteiger partial charge in [-0.25, -0.2) is 4.68 Å². The van der Waals surface area contributed by atoms with Gasteiger partial charge in [0.25, 0.3) is 0 Å². The summed E-state index contributed by atoms with van der Waals surface area (Å²) in [6, 6.07) is 11.1. The van der Waals surface area contributed by atoms with Crippen LogP contribution in [0, 0.1) is 17.8 Å². The maximum atomic E-state index is 12.3. The number of halogens is 2. The highest BCUT2D eigenvalue weighted by Gasteiger charge is 2.12. The van der Waals surface area contributed by atoms with Gasteiger partial charge in [0.2, 0.25) is 5.91 Å². The van der Waals surface area contributed by atoms with Crippen LogP contribution in [0.2, 0.25) is 10.0 Å². The molecule has 27 heavy (non-hydrogen) atoms. The first kappa shape index (κ1) is 20.4. The van der Waals surface area contributed by atoms with Gasteiger partial charge in [0.1, 0.15) is 0 Å². The molecule has 3 rings (SSSR count). The van der Waals surface area contributed by atoms with Gasteiger partial charge in [0.15, 0.2) is 8.29 Å².